The summed E-state index contributed by atoms with van der Waals surface area (Å²) in [4.78, 5) is 66.1. The molecule has 0 fully saturated rings. The number of nitrogens with one attached hydrogen (secondary N) is 3. The normalized spacial score (nSPS) is 9.56. The Labute approximate surface area is 273 Å². The molecule has 0 aliphatic heterocycles. The summed E-state index contributed by atoms with van der Waals surface area (Å²) < 4.78 is 13.9. The van der Waals surface area contributed by atoms with Gasteiger partial charge in [-0.05, 0) is 17.2 Å². The molecule has 233 valence electrons. The van der Waals surface area contributed by atoms with Gasteiger partial charge in [-0.2, -0.15) is 0 Å². The summed E-state index contributed by atoms with van der Waals surface area (Å²) in [5, 5.41) is 40.2. The third kappa shape index (κ3) is 12.7. The van der Waals surface area contributed by atoms with E-state index >= 15 is 0 Å². The van der Waals surface area contributed by atoms with Crippen LogP contribution in [-0.4, -0.2) is 57.0 Å². The van der Waals surface area contributed by atoms with Gasteiger partial charge >= 0.3 is 39.9 Å². The molecule has 3 aromatic rings. The van der Waals surface area contributed by atoms with Crippen LogP contribution in [-0.2, 0) is 0 Å². The summed E-state index contributed by atoms with van der Waals surface area (Å²) in [6, 6.07) is 2.88. The zero-order chi connectivity index (χ0) is 31.7. The van der Waals surface area contributed by atoms with E-state index in [1.54, 1.807) is 0 Å². The molecule has 0 aliphatic rings. The second-order valence-electron chi connectivity index (χ2n) is 7.46. The number of hydrogen-bond donors (Lipinski definition) is 6. The van der Waals surface area contributed by atoms with Gasteiger partial charge in [-0.15, -0.1) is 0 Å². The first-order valence-electron chi connectivity index (χ1n) is 11.8. The molecule has 18 nitrogen and oxygen atoms in total. The number of carbonyl (C=O) groups is 3. The van der Waals surface area contributed by atoms with Gasteiger partial charge in [0.1, 0.15) is 0 Å². The standard InChI is InChI=1S/3C8H10N2O4.Gd/c3*9-2-3-10-8(13)7-6(12)5(11)1-4-14-7;/h3*1,4,12H,2-3,9H2,(H,10,13);/q;;;+3/p-3. The van der Waals surface area contributed by atoms with Crippen LogP contribution in [0.5, 0.6) is 17.2 Å². The van der Waals surface area contributed by atoms with Gasteiger partial charge in [0.15, 0.2) is 33.6 Å². The molecule has 0 unspecified atom stereocenters. The van der Waals surface area contributed by atoms with Crippen molar-refractivity contribution >= 4 is 17.7 Å². The van der Waals surface area contributed by atoms with Crippen LogP contribution in [0.4, 0.5) is 0 Å². The molecule has 19 heteroatoms. The van der Waals surface area contributed by atoms with Crippen LogP contribution in [0.25, 0.3) is 0 Å². The summed E-state index contributed by atoms with van der Waals surface area (Å²) in [6.45, 7) is 1.40. The van der Waals surface area contributed by atoms with Crippen molar-refractivity contribution in [3.05, 3.63) is 84.9 Å². The fourth-order valence-electron chi connectivity index (χ4n) is 2.48. The molecule has 43 heavy (non-hydrogen) atoms. The molecule has 0 aliphatic carbocycles. The van der Waals surface area contributed by atoms with E-state index in [1.807, 2.05) is 0 Å². The van der Waals surface area contributed by atoms with E-state index in [4.69, 9.17) is 17.2 Å². The Balaban J connectivity index is 0.000000608. The van der Waals surface area contributed by atoms with Crippen LogP contribution in [0.1, 0.15) is 31.7 Å². The minimum Gasteiger partial charge on any atom is -0.867 e. The molecular formula is C24H27GdN6O12. The van der Waals surface area contributed by atoms with E-state index in [9.17, 15) is 44.1 Å². The molecule has 0 spiro atoms. The van der Waals surface area contributed by atoms with Gasteiger partial charge in [-0.3, -0.25) is 28.8 Å². The van der Waals surface area contributed by atoms with E-state index in [2.05, 4.69) is 29.2 Å². The molecule has 1 radical (unpaired) electrons. The Kier molecular flexibility index (Phi) is 18.7. The molecule has 3 aromatic heterocycles. The van der Waals surface area contributed by atoms with E-state index in [-0.39, 0.29) is 79.2 Å². The van der Waals surface area contributed by atoms with Crippen molar-refractivity contribution in [1.82, 2.24) is 16.0 Å². The predicted octanol–water partition coefficient (Wildman–Crippen LogP) is -4.79. The largest absolute Gasteiger partial charge is 3.00 e. The minimum atomic E-state index is -0.943. The molecule has 0 aromatic carbocycles. The Morgan fingerprint density at radius 2 is 0.791 bits per heavy atom. The Morgan fingerprint density at radius 1 is 0.558 bits per heavy atom. The molecular weight excluding hydrogens is 722 g/mol. The van der Waals surface area contributed by atoms with Gasteiger partial charge in [0.25, 0.3) is 17.7 Å². The fraction of sp³-hybridized carbons (Fsp3) is 0.250. The molecule has 0 bridgehead atoms. The van der Waals surface area contributed by atoms with Crippen LogP contribution >= 0.6 is 0 Å². The Hall–Kier alpha value is -4.14. The molecule has 0 atom stereocenters. The number of hydrogen-bond acceptors (Lipinski definition) is 15. The molecule has 3 rings (SSSR count). The van der Waals surface area contributed by atoms with Crippen LogP contribution in [0.3, 0.4) is 0 Å². The van der Waals surface area contributed by atoms with Gasteiger partial charge in [0, 0.05) is 57.5 Å². The summed E-state index contributed by atoms with van der Waals surface area (Å²) >= 11 is 0. The zero-order valence-electron chi connectivity index (χ0n) is 22.2. The maximum atomic E-state index is 11.2. The first kappa shape index (κ1) is 38.9. The molecule has 3 heterocycles. The maximum absolute atomic E-state index is 11.2. The van der Waals surface area contributed by atoms with E-state index in [1.165, 1.54) is 0 Å². The SMILES string of the molecule is NCCNC(=O)c1occc(=O)c1[O-].NCCNC(=O)c1occc(=O)c1[O-].NCCNC(=O)c1occc(=O)c1[O-].[Gd+3]. The van der Waals surface area contributed by atoms with Crippen molar-refractivity contribution in [3.8, 4) is 17.2 Å². The van der Waals surface area contributed by atoms with Crippen molar-refractivity contribution in [2.75, 3.05) is 39.3 Å². The fourth-order valence-corrected chi connectivity index (χ4v) is 2.48. The van der Waals surface area contributed by atoms with E-state index < -0.39 is 68.5 Å². The van der Waals surface area contributed by atoms with Crippen LogP contribution in [0.2, 0.25) is 0 Å². The van der Waals surface area contributed by atoms with Gasteiger partial charge in [0.05, 0.1) is 18.8 Å². The second-order valence-corrected chi connectivity index (χ2v) is 7.46. The number of nitrogens with two attached hydrogens (primary N) is 3. The van der Waals surface area contributed by atoms with E-state index in [0.29, 0.717) is 0 Å². The summed E-state index contributed by atoms with van der Waals surface area (Å²) in [7, 11) is 0. The third-order valence-corrected chi connectivity index (χ3v) is 4.41. The number of carbonyl (C=O) groups excluding carboxylic acids is 3. The van der Waals surface area contributed by atoms with Crippen molar-refractivity contribution < 1.29 is 82.9 Å². The molecule has 0 saturated heterocycles. The summed E-state index contributed by atoms with van der Waals surface area (Å²) in [5.74, 6) is -6.52. The number of amides is 3. The van der Waals surface area contributed by atoms with Gasteiger partial charge in [-0.1, -0.05) is 0 Å². The van der Waals surface area contributed by atoms with E-state index in [0.717, 1.165) is 37.0 Å². The topological polar surface area (TPSA) is 325 Å². The second kappa shape index (κ2) is 20.7. The molecule has 3 amide bonds. The predicted molar refractivity (Wildman–Crippen MR) is 137 cm³/mol. The van der Waals surface area contributed by atoms with Crippen molar-refractivity contribution in [2.45, 2.75) is 0 Å². The average Bonchev–Trinajstić information content (AvgIpc) is 2.98. The van der Waals surface area contributed by atoms with Gasteiger partial charge in [-0.25, -0.2) is 0 Å². The zero-order valence-corrected chi connectivity index (χ0v) is 24.5. The summed E-state index contributed by atoms with van der Waals surface area (Å²) in [5.41, 5.74) is 13.1. The van der Waals surface area contributed by atoms with Gasteiger partial charge < -0.3 is 61.7 Å². The molecule has 9 N–H and O–H groups in total. The smallest absolute Gasteiger partial charge is 0.867 e. The average molecular weight is 749 g/mol. The maximum Gasteiger partial charge on any atom is 3.00 e. The first-order chi connectivity index (χ1) is 20.0. The number of rotatable bonds is 9. The van der Waals surface area contributed by atoms with Crippen LogP contribution in [0, 0.1) is 39.9 Å². The first-order valence-corrected chi connectivity index (χ1v) is 11.8. The summed E-state index contributed by atoms with van der Waals surface area (Å²) in [6.07, 6.45) is 3.00. The van der Waals surface area contributed by atoms with Crippen molar-refractivity contribution in [3.63, 3.8) is 0 Å². The third-order valence-electron chi connectivity index (χ3n) is 4.41. The van der Waals surface area contributed by atoms with Crippen LogP contribution in [0.15, 0.2) is 64.6 Å². The quantitative estimate of drug-likeness (QED) is 0.120. The van der Waals surface area contributed by atoms with Gasteiger partial charge in [0.2, 0.25) is 0 Å². The van der Waals surface area contributed by atoms with Crippen LogP contribution < -0.4 is 64.8 Å². The minimum absolute atomic E-state index is 0. The monoisotopic (exact) mass is 749 g/mol. The van der Waals surface area contributed by atoms with Crippen molar-refractivity contribution in [1.29, 1.82) is 0 Å². The molecule has 0 saturated carbocycles. The Morgan fingerprint density at radius 3 is 1.00 bits per heavy atom. The Bertz CT molecular complexity index is 1340. The van der Waals surface area contributed by atoms with Crippen molar-refractivity contribution in [2.24, 2.45) is 17.2 Å².